The van der Waals surface area contributed by atoms with Gasteiger partial charge in [0.25, 0.3) is 5.91 Å². The lowest BCUT2D eigenvalue weighted by molar-refractivity contribution is 0.0950. The van der Waals surface area contributed by atoms with Gasteiger partial charge >= 0.3 is 0 Å². The summed E-state index contributed by atoms with van der Waals surface area (Å²) in [5.41, 5.74) is 2.12. The highest BCUT2D eigenvalue weighted by Gasteiger charge is 2.14. The van der Waals surface area contributed by atoms with Crippen molar-refractivity contribution in [1.82, 2.24) is 5.32 Å². The van der Waals surface area contributed by atoms with Crippen LogP contribution in [0.4, 0.5) is 0 Å². The molecule has 1 N–H and O–H groups in total. The Kier molecular flexibility index (Phi) is 7.95. The maximum atomic E-state index is 12.6. The van der Waals surface area contributed by atoms with E-state index in [4.69, 9.17) is 23.7 Å². The summed E-state index contributed by atoms with van der Waals surface area (Å²) in [4.78, 5) is 12.6. The van der Waals surface area contributed by atoms with Gasteiger partial charge in [0, 0.05) is 35.9 Å². The van der Waals surface area contributed by atoms with Crippen LogP contribution in [0.2, 0.25) is 0 Å². The molecule has 0 saturated heterocycles. The van der Waals surface area contributed by atoms with E-state index in [1.807, 2.05) is 6.92 Å². The molecule has 28 heavy (non-hydrogen) atoms. The van der Waals surface area contributed by atoms with Crippen molar-refractivity contribution in [2.24, 2.45) is 0 Å². The molecule has 0 bridgehead atoms. The van der Waals surface area contributed by atoms with E-state index < -0.39 is 0 Å². The molecule has 0 spiro atoms. The third-order valence-corrected chi connectivity index (χ3v) is 4.23. The van der Waals surface area contributed by atoms with Gasteiger partial charge in [-0.3, -0.25) is 4.79 Å². The molecule has 2 rings (SSSR count). The summed E-state index contributed by atoms with van der Waals surface area (Å²) >= 11 is 0. The lowest BCUT2D eigenvalue weighted by Gasteiger charge is -2.15. The lowest BCUT2D eigenvalue weighted by Crippen LogP contribution is -2.23. The van der Waals surface area contributed by atoms with Crippen LogP contribution in [0.15, 0.2) is 30.3 Å². The fourth-order valence-corrected chi connectivity index (χ4v) is 2.75. The first-order valence-corrected chi connectivity index (χ1v) is 8.89. The fourth-order valence-electron chi connectivity index (χ4n) is 2.75. The van der Waals surface area contributed by atoms with Crippen LogP contribution in [0.3, 0.4) is 0 Å². The van der Waals surface area contributed by atoms with Crippen molar-refractivity contribution < 1.29 is 28.5 Å². The number of nitrogens with one attached hydrogen (secondary N) is 1. The number of methoxy groups -OCH3 is 4. The molecule has 7 heteroatoms. The van der Waals surface area contributed by atoms with Crippen LogP contribution in [0, 0.1) is 0 Å². The number of carbonyl (C=O) groups is 1. The standard InChI is InChI=1S/C21H27NO6/c1-6-28-13-16-9-14(7-8-17(16)24-2)21(23)22-12-15-10-19(26-4)20(27-5)11-18(15)25-3/h7-11H,6,12-13H2,1-5H3,(H,22,23). The Labute approximate surface area is 165 Å². The number of carbonyl (C=O) groups excluding carboxylic acids is 1. The summed E-state index contributed by atoms with van der Waals surface area (Å²) in [6, 6.07) is 8.77. The second-order valence-electron chi connectivity index (χ2n) is 5.87. The van der Waals surface area contributed by atoms with E-state index in [1.165, 1.54) is 0 Å². The molecule has 0 saturated carbocycles. The minimum atomic E-state index is -0.211. The third kappa shape index (κ3) is 5.07. The average molecular weight is 389 g/mol. The van der Waals surface area contributed by atoms with Gasteiger partial charge in [-0.25, -0.2) is 0 Å². The molecule has 7 nitrogen and oxygen atoms in total. The summed E-state index contributed by atoms with van der Waals surface area (Å²) in [6.07, 6.45) is 0. The van der Waals surface area contributed by atoms with Crippen molar-refractivity contribution in [3.63, 3.8) is 0 Å². The normalized spacial score (nSPS) is 10.3. The minimum Gasteiger partial charge on any atom is -0.496 e. The number of hydrogen-bond donors (Lipinski definition) is 1. The van der Waals surface area contributed by atoms with Crippen molar-refractivity contribution in [1.29, 1.82) is 0 Å². The highest BCUT2D eigenvalue weighted by Crippen LogP contribution is 2.34. The number of rotatable bonds is 10. The van der Waals surface area contributed by atoms with Crippen LogP contribution in [0.25, 0.3) is 0 Å². The molecule has 0 heterocycles. The highest BCUT2D eigenvalue weighted by molar-refractivity contribution is 5.94. The SMILES string of the molecule is CCOCc1cc(C(=O)NCc2cc(OC)c(OC)cc2OC)ccc1OC. The van der Waals surface area contributed by atoms with E-state index in [-0.39, 0.29) is 12.5 Å². The molecule has 152 valence electrons. The zero-order valence-electron chi connectivity index (χ0n) is 17.0. The summed E-state index contributed by atoms with van der Waals surface area (Å²) in [6.45, 7) is 3.15. The molecule has 0 radical (unpaired) electrons. The van der Waals surface area contributed by atoms with Gasteiger partial charge in [-0.1, -0.05) is 0 Å². The molecule has 2 aromatic carbocycles. The van der Waals surface area contributed by atoms with Gasteiger partial charge in [0.05, 0.1) is 35.0 Å². The predicted molar refractivity (Wildman–Crippen MR) is 106 cm³/mol. The second-order valence-corrected chi connectivity index (χ2v) is 5.87. The van der Waals surface area contributed by atoms with E-state index in [0.29, 0.717) is 41.8 Å². The first-order valence-electron chi connectivity index (χ1n) is 8.89. The van der Waals surface area contributed by atoms with Crippen LogP contribution in [-0.4, -0.2) is 41.0 Å². The van der Waals surface area contributed by atoms with Gasteiger partial charge in [0.2, 0.25) is 0 Å². The van der Waals surface area contributed by atoms with Gasteiger partial charge < -0.3 is 29.0 Å². The zero-order valence-corrected chi connectivity index (χ0v) is 17.0. The van der Waals surface area contributed by atoms with Gasteiger partial charge in [0.15, 0.2) is 11.5 Å². The van der Waals surface area contributed by atoms with Gasteiger partial charge in [-0.05, 0) is 31.2 Å². The summed E-state index contributed by atoms with van der Waals surface area (Å²) in [5, 5.41) is 2.90. The van der Waals surface area contributed by atoms with Gasteiger partial charge in [0.1, 0.15) is 11.5 Å². The van der Waals surface area contributed by atoms with Crippen molar-refractivity contribution in [2.75, 3.05) is 35.0 Å². The van der Waals surface area contributed by atoms with Crippen LogP contribution < -0.4 is 24.3 Å². The molecule has 0 aromatic heterocycles. The molecule has 0 unspecified atom stereocenters. The second kappa shape index (κ2) is 10.4. The Morgan fingerprint density at radius 1 is 0.821 bits per heavy atom. The number of benzene rings is 2. The molecule has 0 fully saturated rings. The van der Waals surface area contributed by atoms with Crippen molar-refractivity contribution in [3.8, 4) is 23.0 Å². The van der Waals surface area contributed by atoms with E-state index in [0.717, 1.165) is 11.1 Å². The lowest BCUT2D eigenvalue weighted by atomic mass is 10.1. The monoisotopic (exact) mass is 389 g/mol. The van der Waals surface area contributed by atoms with Crippen LogP contribution in [0.5, 0.6) is 23.0 Å². The topological polar surface area (TPSA) is 75.3 Å². The summed E-state index contributed by atoms with van der Waals surface area (Å²) in [5.74, 6) is 2.20. The highest BCUT2D eigenvalue weighted by atomic mass is 16.5. The van der Waals surface area contributed by atoms with E-state index in [1.54, 1.807) is 58.8 Å². The maximum Gasteiger partial charge on any atom is 0.251 e. The van der Waals surface area contributed by atoms with Crippen molar-refractivity contribution >= 4 is 5.91 Å². The fraction of sp³-hybridized carbons (Fsp3) is 0.381. The minimum absolute atomic E-state index is 0.211. The van der Waals surface area contributed by atoms with Gasteiger partial charge in [-0.2, -0.15) is 0 Å². The molecule has 0 aliphatic heterocycles. The van der Waals surface area contributed by atoms with Crippen molar-refractivity contribution in [3.05, 3.63) is 47.0 Å². The summed E-state index contributed by atoms with van der Waals surface area (Å²) < 4.78 is 26.8. The quantitative estimate of drug-likeness (QED) is 0.673. The Morgan fingerprint density at radius 3 is 2.07 bits per heavy atom. The molecule has 0 atom stereocenters. The largest absolute Gasteiger partial charge is 0.496 e. The number of ether oxygens (including phenoxy) is 5. The molecular weight excluding hydrogens is 362 g/mol. The average Bonchev–Trinajstić information content (AvgIpc) is 2.74. The predicted octanol–water partition coefficient (Wildman–Crippen LogP) is 3.19. The molecule has 2 aromatic rings. The van der Waals surface area contributed by atoms with Crippen LogP contribution >= 0.6 is 0 Å². The van der Waals surface area contributed by atoms with E-state index >= 15 is 0 Å². The Morgan fingerprint density at radius 2 is 1.46 bits per heavy atom. The number of amides is 1. The Hall–Kier alpha value is -2.93. The molecule has 0 aliphatic rings. The molecule has 0 aliphatic carbocycles. The van der Waals surface area contributed by atoms with Crippen molar-refractivity contribution in [2.45, 2.75) is 20.1 Å². The first kappa shape index (κ1) is 21.4. The summed E-state index contributed by atoms with van der Waals surface area (Å²) in [7, 11) is 6.27. The zero-order chi connectivity index (χ0) is 20.5. The molecular formula is C21H27NO6. The third-order valence-electron chi connectivity index (χ3n) is 4.23. The van der Waals surface area contributed by atoms with Crippen LogP contribution in [-0.2, 0) is 17.9 Å². The van der Waals surface area contributed by atoms with Crippen LogP contribution in [0.1, 0.15) is 28.4 Å². The Bertz CT molecular complexity index is 806. The van der Waals surface area contributed by atoms with E-state index in [2.05, 4.69) is 5.32 Å². The molecule has 1 amide bonds. The maximum absolute atomic E-state index is 12.6. The first-order chi connectivity index (χ1) is 13.6. The smallest absolute Gasteiger partial charge is 0.251 e. The number of hydrogen-bond acceptors (Lipinski definition) is 6. The van der Waals surface area contributed by atoms with Gasteiger partial charge in [-0.15, -0.1) is 0 Å². The Balaban J connectivity index is 2.17. The van der Waals surface area contributed by atoms with E-state index in [9.17, 15) is 4.79 Å².